The fraction of sp³-hybridized carbons (Fsp3) is 0.250. The minimum atomic E-state index is -0.400. The van der Waals surface area contributed by atoms with Gasteiger partial charge in [-0.05, 0) is 64.5 Å². The van der Waals surface area contributed by atoms with Crippen molar-refractivity contribution in [2.75, 3.05) is 11.9 Å². The molecule has 8 heteroatoms. The molecule has 28 heavy (non-hydrogen) atoms. The number of nitrogens with one attached hydrogen (secondary N) is 1. The minimum absolute atomic E-state index is 0.0145. The topological polar surface area (TPSA) is 93.8 Å². The van der Waals surface area contributed by atoms with Crippen LogP contribution < -0.4 is 5.32 Å². The summed E-state index contributed by atoms with van der Waals surface area (Å²) in [6, 6.07) is 7.38. The van der Waals surface area contributed by atoms with E-state index in [0.29, 0.717) is 18.8 Å². The fourth-order valence-corrected chi connectivity index (χ4v) is 3.34. The number of aryl methyl sites for hydroxylation is 2. The van der Waals surface area contributed by atoms with Gasteiger partial charge in [-0.15, -0.1) is 0 Å². The third kappa shape index (κ3) is 5.32. The SMILES string of the molecule is Cc1cc(Br)cnc1CCCNc1ncc(Cc2cccnc2)cc1[N+](=O)[O-]. The van der Waals surface area contributed by atoms with E-state index >= 15 is 0 Å². The van der Waals surface area contributed by atoms with Gasteiger partial charge < -0.3 is 5.32 Å². The maximum Gasteiger partial charge on any atom is 0.311 e. The molecule has 0 aliphatic heterocycles. The Balaban J connectivity index is 1.62. The molecule has 0 saturated carbocycles. The fourth-order valence-electron chi connectivity index (χ4n) is 2.90. The first-order chi connectivity index (χ1) is 13.5. The highest BCUT2D eigenvalue weighted by molar-refractivity contribution is 9.10. The summed E-state index contributed by atoms with van der Waals surface area (Å²) in [4.78, 5) is 23.8. The highest BCUT2D eigenvalue weighted by Gasteiger charge is 2.16. The molecule has 0 atom stereocenters. The Bertz CT molecular complexity index is 966. The summed E-state index contributed by atoms with van der Waals surface area (Å²) < 4.78 is 0.957. The number of anilines is 1. The molecule has 0 aromatic carbocycles. The lowest BCUT2D eigenvalue weighted by molar-refractivity contribution is -0.384. The Morgan fingerprint density at radius 1 is 1.18 bits per heavy atom. The van der Waals surface area contributed by atoms with E-state index in [2.05, 4.69) is 36.2 Å². The van der Waals surface area contributed by atoms with E-state index < -0.39 is 4.92 Å². The van der Waals surface area contributed by atoms with Crippen molar-refractivity contribution in [2.24, 2.45) is 0 Å². The van der Waals surface area contributed by atoms with Gasteiger partial charge in [-0.3, -0.25) is 20.1 Å². The Kier molecular flexibility index (Phi) is 6.65. The molecule has 144 valence electrons. The van der Waals surface area contributed by atoms with Crippen molar-refractivity contribution in [3.05, 3.63) is 86.0 Å². The van der Waals surface area contributed by atoms with Gasteiger partial charge in [0.05, 0.1) is 4.92 Å². The number of rotatable bonds is 8. The van der Waals surface area contributed by atoms with Gasteiger partial charge in [0.15, 0.2) is 0 Å². The first-order valence-electron chi connectivity index (χ1n) is 8.90. The summed E-state index contributed by atoms with van der Waals surface area (Å²) in [5.41, 5.74) is 3.90. The molecule has 7 nitrogen and oxygen atoms in total. The van der Waals surface area contributed by atoms with Crippen LogP contribution in [0.4, 0.5) is 11.5 Å². The van der Waals surface area contributed by atoms with Crippen LogP contribution in [-0.4, -0.2) is 26.4 Å². The van der Waals surface area contributed by atoms with Gasteiger partial charge in [0.1, 0.15) is 0 Å². The zero-order valence-corrected chi connectivity index (χ0v) is 17.0. The van der Waals surface area contributed by atoms with E-state index in [1.165, 1.54) is 0 Å². The second-order valence-corrected chi connectivity index (χ2v) is 7.37. The molecule has 0 unspecified atom stereocenters. The maximum atomic E-state index is 11.5. The van der Waals surface area contributed by atoms with Crippen molar-refractivity contribution in [3.63, 3.8) is 0 Å². The molecule has 0 amide bonds. The van der Waals surface area contributed by atoms with Gasteiger partial charge in [-0.25, -0.2) is 4.98 Å². The van der Waals surface area contributed by atoms with Crippen LogP contribution in [0, 0.1) is 17.0 Å². The second kappa shape index (κ2) is 9.36. The molecule has 1 N–H and O–H groups in total. The standard InChI is InChI=1S/C20H20BrN5O2/c1-14-8-17(21)13-24-18(14)5-3-7-23-20-19(26(27)28)10-16(12-25-20)9-15-4-2-6-22-11-15/h2,4,6,8,10-13H,3,5,7,9H2,1H3,(H,23,25). The third-order valence-corrected chi connectivity index (χ3v) is 4.72. The van der Waals surface area contributed by atoms with Gasteiger partial charge in [0, 0.05) is 54.0 Å². The smallest absolute Gasteiger partial charge is 0.311 e. The number of halogens is 1. The van der Waals surface area contributed by atoms with E-state index in [9.17, 15) is 10.1 Å². The van der Waals surface area contributed by atoms with Crippen LogP contribution in [-0.2, 0) is 12.8 Å². The first kappa shape index (κ1) is 19.9. The van der Waals surface area contributed by atoms with E-state index in [4.69, 9.17) is 0 Å². The molecule has 0 aliphatic carbocycles. The average Bonchev–Trinajstić information content (AvgIpc) is 2.68. The summed E-state index contributed by atoms with van der Waals surface area (Å²) in [5, 5.41) is 14.5. The molecule has 0 spiro atoms. The number of aromatic nitrogens is 3. The van der Waals surface area contributed by atoms with Crippen LogP contribution in [0.2, 0.25) is 0 Å². The summed E-state index contributed by atoms with van der Waals surface area (Å²) in [6.45, 7) is 2.60. The second-order valence-electron chi connectivity index (χ2n) is 6.45. The predicted octanol–water partition coefficient (Wildman–Crippen LogP) is 4.49. The molecular weight excluding hydrogens is 422 g/mol. The molecule has 3 heterocycles. The summed E-state index contributed by atoms with van der Waals surface area (Å²) in [7, 11) is 0. The number of hydrogen-bond acceptors (Lipinski definition) is 6. The number of nitro groups is 1. The summed E-state index contributed by atoms with van der Waals surface area (Å²) >= 11 is 3.41. The Hall–Kier alpha value is -2.87. The lowest BCUT2D eigenvalue weighted by Gasteiger charge is -2.09. The average molecular weight is 442 g/mol. The van der Waals surface area contributed by atoms with Crippen LogP contribution in [0.25, 0.3) is 0 Å². The van der Waals surface area contributed by atoms with E-state index in [0.717, 1.165) is 39.7 Å². The van der Waals surface area contributed by atoms with Crippen molar-refractivity contribution in [3.8, 4) is 0 Å². The third-order valence-electron chi connectivity index (χ3n) is 4.29. The van der Waals surface area contributed by atoms with Crippen LogP contribution in [0.15, 0.2) is 53.5 Å². The van der Waals surface area contributed by atoms with E-state index in [1.54, 1.807) is 30.9 Å². The van der Waals surface area contributed by atoms with Crippen molar-refractivity contribution in [1.82, 2.24) is 15.0 Å². The molecule has 0 fully saturated rings. The quantitative estimate of drug-likeness (QED) is 0.314. The van der Waals surface area contributed by atoms with Crippen LogP contribution in [0.1, 0.15) is 28.8 Å². The molecule has 3 aromatic rings. The predicted molar refractivity (Wildman–Crippen MR) is 111 cm³/mol. The number of pyridine rings is 3. The zero-order valence-electron chi connectivity index (χ0n) is 15.4. The van der Waals surface area contributed by atoms with Crippen molar-refractivity contribution >= 4 is 27.4 Å². The summed E-state index contributed by atoms with van der Waals surface area (Å²) in [5.74, 6) is 0.292. The number of hydrogen-bond donors (Lipinski definition) is 1. The van der Waals surface area contributed by atoms with Crippen molar-refractivity contribution in [1.29, 1.82) is 0 Å². The van der Waals surface area contributed by atoms with Gasteiger partial charge >= 0.3 is 5.69 Å². The van der Waals surface area contributed by atoms with Crippen LogP contribution in [0.5, 0.6) is 0 Å². The maximum absolute atomic E-state index is 11.5. The molecule has 3 rings (SSSR count). The van der Waals surface area contributed by atoms with Gasteiger partial charge in [0.2, 0.25) is 5.82 Å². The highest BCUT2D eigenvalue weighted by Crippen LogP contribution is 2.24. The largest absolute Gasteiger partial charge is 0.364 e. The molecule has 0 saturated heterocycles. The molecular formula is C20H20BrN5O2. The van der Waals surface area contributed by atoms with Gasteiger partial charge in [-0.1, -0.05) is 6.07 Å². The first-order valence-corrected chi connectivity index (χ1v) is 9.69. The normalized spacial score (nSPS) is 10.6. The molecule has 3 aromatic heterocycles. The van der Waals surface area contributed by atoms with E-state index in [1.807, 2.05) is 25.1 Å². The van der Waals surface area contributed by atoms with Crippen molar-refractivity contribution < 1.29 is 4.92 Å². The molecule has 0 radical (unpaired) electrons. The van der Waals surface area contributed by atoms with Crippen LogP contribution >= 0.6 is 15.9 Å². The Morgan fingerprint density at radius 2 is 2.04 bits per heavy atom. The van der Waals surface area contributed by atoms with Crippen molar-refractivity contribution in [2.45, 2.75) is 26.2 Å². The van der Waals surface area contributed by atoms with Gasteiger partial charge in [-0.2, -0.15) is 0 Å². The highest BCUT2D eigenvalue weighted by atomic mass is 79.9. The van der Waals surface area contributed by atoms with Crippen LogP contribution in [0.3, 0.4) is 0 Å². The monoisotopic (exact) mass is 441 g/mol. The lowest BCUT2D eigenvalue weighted by Crippen LogP contribution is -2.08. The summed E-state index contributed by atoms with van der Waals surface area (Å²) in [6.07, 6.45) is 9.03. The van der Waals surface area contributed by atoms with E-state index in [-0.39, 0.29) is 5.69 Å². The Labute approximate surface area is 171 Å². The lowest BCUT2D eigenvalue weighted by atomic mass is 10.1. The minimum Gasteiger partial charge on any atom is -0.364 e. The molecule has 0 bridgehead atoms. The number of nitrogens with zero attached hydrogens (tertiary/aromatic N) is 4. The van der Waals surface area contributed by atoms with Gasteiger partial charge in [0.25, 0.3) is 0 Å². The Morgan fingerprint density at radius 3 is 2.75 bits per heavy atom. The zero-order chi connectivity index (χ0) is 19.9. The molecule has 0 aliphatic rings.